The molecule has 3 heteroatoms. The van der Waals surface area contributed by atoms with Crippen LogP contribution >= 0.6 is 15.9 Å². The van der Waals surface area contributed by atoms with Gasteiger partial charge in [-0.1, -0.05) is 28.1 Å². The third kappa shape index (κ3) is 5.10. The summed E-state index contributed by atoms with van der Waals surface area (Å²) in [5, 5.41) is 0. The molecule has 0 aliphatic rings. The Balaban J connectivity index is 2.26. The first kappa shape index (κ1) is 13.7. The van der Waals surface area contributed by atoms with Gasteiger partial charge in [0.1, 0.15) is 0 Å². The summed E-state index contributed by atoms with van der Waals surface area (Å²) in [5.74, 6) is 0. The van der Waals surface area contributed by atoms with Crippen LogP contribution in [0, 0.1) is 0 Å². The zero-order chi connectivity index (χ0) is 12.0. The number of hydrogen-bond donors (Lipinski definition) is 0. The molecule has 0 radical (unpaired) electrons. The van der Waals surface area contributed by atoms with Crippen LogP contribution in [0.4, 0.5) is 0 Å². The van der Waals surface area contributed by atoms with E-state index in [1.807, 2.05) is 12.1 Å². The van der Waals surface area contributed by atoms with E-state index in [0.29, 0.717) is 13.2 Å². The van der Waals surface area contributed by atoms with Gasteiger partial charge in [0, 0.05) is 18.2 Å². The molecule has 0 heterocycles. The maximum Gasteiger partial charge on any atom is 0.0717 e. The molecule has 0 amide bonds. The molecule has 0 unspecified atom stereocenters. The molecule has 0 saturated carbocycles. The SMILES string of the molecule is COC(C)(C)CCOCc1cccc(Br)c1. The first-order chi connectivity index (χ1) is 7.53. The third-order valence-corrected chi connectivity index (χ3v) is 3.05. The maximum atomic E-state index is 5.61. The highest BCUT2D eigenvalue weighted by Gasteiger charge is 2.15. The molecule has 1 aromatic rings. The van der Waals surface area contributed by atoms with Crippen LogP contribution in [0.5, 0.6) is 0 Å². The van der Waals surface area contributed by atoms with Crippen molar-refractivity contribution >= 4 is 15.9 Å². The van der Waals surface area contributed by atoms with E-state index in [-0.39, 0.29) is 5.60 Å². The minimum absolute atomic E-state index is 0.0999. The molecule has 0 aliphatic carbocycles. The summed E-state index contributed by atoms with van der Waals surface area (Å²) < 4.78 is 12.0. The molecule has 0 spiro atoms. The van der Waals surface area contributed by atoms with Crippen molar-refractivity contribution in [3.8, 4) is 0 Å². The van der Waals surface area contributed by atoms with Gasteiger partial charge in [0.2, 0.25) is 0 Å². The molecule has 0 fully saturated rings. The number of hydrogen-bond acceptors (Lipinski definition) is 2. The summed E-state index contributed by atoms with van der Waals surface area (Å²) in [6.45, 7) is 5.50. The first-order valence-corrected chi connectivity index (χ1v) is 6.20. The normalized spacial score (nSPS) is 11.8. The fourth-order valence-electron chi connectivity index (χ4n) is 1.24. The van der Waals surface area contributed by atoms with Gasteiger partial charge < -0.3 is 9.47 Å². The summed E-state index contributed by atoms with van der Waals surface area (Å²) in [6, 6.07) is 8.16. The number of halogens is 1. The van der Waals surface area contributed by atoms with E-state index in [0.717, 1.165) is 10.9 Å². The van der Waals surface area contributed by atoms with Gasteiger partial charge in [-0.2, -0.15) is 0 Å². The fraction of sp³-hybridized carbons (Fsp3) is 0.538. The molecule has 0 atom stereocenters. The minimum atomic E-state index is -0.0999. The highest BCUT2D eigenvalue weighted by atomic mass is 79.9. The molecule has 0 saturated heterocycles. The van der Waals surface area contributed by atoms with E-state index in [9.17, 15) is 0 Å². The molecule has 0 aliphatic heterocycles. The van der Waals surface area contributed by atoms with Crippen LogP contribution in [0.25, 0.3) is 0 Å². The molecule has 90 valence electrons. The van der Waals surface area contributed by atoms with Gasteiger partial charge in [-0.25, -0.2) is 0 Å². The Kier molecular flexibility index (Phi) is 5.46. The van der Waals surface area contributed by atoms with Crippen LogP contribution in [0.2, 0.25) is 0 Å². The van der Waals surface area contributed by atoms with Crippen LogP contribution in [0.15, 0.2) is 28.7 Å². The van der Waals surface area contributed by atoms with Crippen LogP contribution < -0.4 is 0 Å². The van der Waals surface area contributed by atoms with Crippen LogP contribution in [0.1, 0.15) is 25.8 Å². The topological polar surface area (TPSA) is 18.5 Å². The Bertz CT molecular complexity index is 323. The average molecular weight is 287 g/mol. The standard InChI is InChI=1S/C13H19BrO2/c1-13(2,15-3)7-8-16-10-11-5-4-6-12(14)9-11/h4-6,9H,7-8,10H2,1-3H3. The van der Waals surface area contributed by atoms with Crippen molar-refractivity contribution < 1.29 is 9.47 Å². The quantitative estimate of drug-likeness (QED) is 0.741. The van der Waals surface area contributed by atoms with Gasteiger partial charge in [0.05, 0.1) is 12.2 Å². The van der Waals surface area contributed by atoms with E-state index in [4.69, 9.17) is 9.47 Å². The predicted octanol–water partition coefficient (Wildman–Crippen LogP) is 3.78. The molecular weight excluding hydrogens is 268 g/mol. The second-order valence-electron chi connectivity index (χ2n) is 4.40. The van der Waals surface area contributed by atoms with Crippen molar-refractivity contribution in [2.24, 2.45) is 0 Å². The van der Waals surface area contributed by atoms with Crippen LogP contribution in [0.3, 0.4) is 0 Å². The highest BCUT2D eigenvalue weighted by Crippen LogP contribution is 2.15. The maximum absolute atomic E-state index is 5.61. The first-order valence-electron chi connectivity index (χ1n) is 5.41. The minimum Gasteiger partial charge on any atom is -0.379 e. The van der Waals surface area contributed by atoms with E-state index in [1.54, 1.807) is 7.11 Å². The predicted molar refractivity (Wildman–Crippen MR) is 69.5 cm³/mol. The van der Waals surface area contributed by atoms with Crippen LogP contribution in [-0.2, 0) is 16.1 Å². The molecular formula is C13H19BrO2. The number of methoxy groups -OCH3 is 1. The molecule has 2 nitrogen and oxygen atoms in total. The third-order valence-electron chi connectivity index (χ3n) is 2.56. The number of benzene rings is 1. The zero-order valence-corrected chi connectivity index (χ0v) is 11.7. The van der Waals surface area contributed by atoms with Crippen molar-refractivity contribution in [2.45, 2.75) is 32.5 Å². The van der Waals surface area contributed by atoms with Gasteiger partial charge in [0.25, 0.3) is 0 Å². The van der Waals surface area contributed by atoms with Gasteiger partial charge in [-0.15, -0.1) is 0 Å². The van der Waals surface area contributed by atoms with Crippen molar-refractivity contribution in [3.63, 3.8) is 0 Å². The highest BCUT2D eigenvalue weighted by molar-refractivity contribution is 9.10. The summed E-state index contributed by atoms with van der Waals surface area (Å²) in [7, 11) is 1.73. The Hall–Kier alpha value is -0.380. The molecule has 0 aromatic heterocycles. The van der Waals surface area contributed by atoms with E-state index >= 15 is 0 Å². The lowest BCUT2D eigenvalue weighted by molar-refractivity contribution is -0.0124. The largest absolute Gasteiger partial charge is 0.379 e. The Morgan fingerprint density at radius 1 is 1.31 bits per heavy atom. The number of rotatable bonds is 6. The van der Waals surface area contributed by atoms with Gasteiger partial charge in [-0.05, 0) is 38.0 Å². The Labute approximate surface area is 106 Å². The molecule has 0 N–H and O–H groups in total. The van der Waals surface area contributed by atoms with Gasteiger partial charge in [0.15, 0.2) is 0 Å². The molecule has 1 rings (SSSR count). The van der Waals surface area contributed by atoms with Crippen molar-refractivity contribution in [1.29, 1.82) is 0 Å². The monoisotopic (exact) mass is 286 g/mol. The summed E-state index contributed by atoms with van der Waals surface area (Å²) in [5.41, 5.74) is 1.08. The lowest BCUT2D eigenvalue weighted by Gasteiger charge is -2.22. The average Bonchev–Trinajstić information content (AvgIpc) is 2.25. The molecule has 16 heavy (non-hydrogen) atoms. The van der Waals surface area contributed by atoms with E-state index in [1.165, 1.54) is 5.56 Å². The number of ether oxygens (including phenoxy) is 2. The lowest BCUT2D eigenvalue weighted by atomic mass is 10.1. The zero-order valence-electron chi connectivity index (χ0n) is 10.1. The van der Waals surface area contributed by atoms with Crippen LogP contribution in [-0.4, -0.2) is 19.3 Å². The van der Waals surface area contributed by atoms with Gasteiger partial charge >= 0.3 is 0 Å². The molecule has 0 bridgehead atoms. The Morgan fingerprint density at radius 3 is 2.69 bits per heavy atom. The van der Waals surface area contributed by atoms with Crippen molar-refractivity contribution in [2.75, 3.05) is 13.7 Å². The fourth-order valence-corrected chi connectivity index (χ4v) is 1.68. The summed E-state index contributed by atoms with van der Waals surface area (Å²) in [6.07, 6.45) is 0.900. The van der Waals surface area contributed by atoms with Crippen molar-refractivity contribution in [1.82, 2.24) is 0 Å². The second kappa shape index (κ2) is 6.38. The second-order valence-corrected chi connectivity index (χ2v) is 5.31. The summed E-state index contributed by atoms with van der Waals surface area (Å²) >= 11 is 3.44. The lowest BCUT2D eigenvalue weighted by Crippen LogP contribution is -2.24. The Morgan fingerprint density at radius 2 is 2.06 bits per heavy atom. The van der Waals surface area contributed by atoms with E-state index < -0.39 is 0 Å². The summed E-state index contributed by atoms with van der Waals surface area (Å²) in [4.78, 5) is 0. The van der Waals surface area contributed by atoms with Gasteiger partial charge in [-0.3, -0.25) is 0 Å². The van der Waals surface area contributed by atoms with Crippen molar-refractivity contribution in [3.05, 3.63) is 34.3 Å². The smallest absolute Gasteiger partial charge is 0.0717 e. The van der Waals surface area contributed by atoms with E-state index in [2.05, 4.69) is 41.9 Å². The molecule has 1 aromatic carbocycles.